The number of rotatable bonds is 6. The van der Waals surface area contributed by atoms with Crippen molar-refractivity contribution in [1.82, 2.24) is 0 Å². The van der Waals surface area contributed by atoms with Gasteiger partial charge in [0, 0.05) is 16.1 Å². The molecule has 0 heterocycles. The molecule has 0 fully saturated rings. The van der Waals surface area contributed by atoms with Crippen molar-refractivity contribution < 1.29 is 19.1 Å². The van der Waals surface area contributed by atoms with Crippen molar-refractivity contribution in [2.45, 2.75) is 0 Å². The molecular formula is C22H19ClN2O4. The van der Waals surface area contributed by atoms with Crippen LogP contribution in [-0.2, 0) is 0 Å². The van der Waals surface area contributed by atoms with E-state index in [9.17, 15) is 9.59 Å². The van der Waals surface area contributed by atoms with E-state index in [0.29, 0.717) is 39.0 Å². The molecule has 0 aliphatic rings. The van der Waals surface area contributed by atoms with E-state index in [2.05, 4.69) is 10.6 Å². The summed E-state index contributed by atoms with van der Waals surface area (Å²) in [7, 11) is 3.11. The van der Waals surface area contributed by atoms with Gasteiger partial charge in [0.15, 0.2) is 0 Å². The third kappa shape index (κ3) is 5.06. The standard InChI is InChI=1S/C22H19ClN2O4/c1-28-17-8-3-14(4-9-17)21(26)24-19-12-7-16(23)13-20(19)25-22(27)15-5-10-18(29-2)11-6-15/h3-13H,1-2H3,(H,24,26)(H,25,27). The highest BCUT2D eigenvalue weighted by Gasteiger charge is 2.13. The van der Waals surface area contributed by atoms with E-state index in [4.69, 9.17) is 21.1 Å². The van der Waals surface area contributed by atoms with E-state index >= 15 is 0 Å². The summed E-state index contributed by atoms with van der Waals surface area (Å²) in [5.41, 5.74) is 1.71. The normalized spacial score (nSPS) is 10.2. The fraction of sp³-hybridized carbons (Fsp3) is 0.0909. The van der Waals surface area contributed by atoms with Gasteiger partial charge in [-0.15, -0.1) is 0 Å². The number of hydrogen-bond acceptors (Lipinski definition) is 4. The molecule has 0 saturated carbocycles. The van der Waals surface area contributed by atoms with Crippen LogP contribution in [0.4, 0.5) is 11.4 Å². The third-order valence-corrected chi connectivity index (χ3v) is 4.42. The maximum absolute atomic E-state index is 12.6. The topological polar surface area (TPSA) is 76.7 Å². The van der Waals surface area contributed by atoms with Gasteiger partial charge in [-0.3, -0.25) is 9.59 Å². The summed E-state index contributed by atoms with van der Waals surface area (Å²) >= 11 is 6.08. The van der Waals surface area contributed by atoms with Crippen molar-refractivity contribution in [3.05, 3.63) is 82.9 Å². The van der Waals surface area contributed by atoms with Crippen LogP contribution in [0.5, 0.6) is 11.5 Å². The van der Waals surface area contributed by atoms with Crippen molar-refractivity contribution in [2.24, 2.45) is 0 Å². The molecule has 0 aliphatic heterocycles. The lowest BCUT2D eigenvalue weighted by atomic mass is 10.1. The van der Waals surface area contributed by atoms with E-state index in [1.54, 1.807) is 80.9 Å². The SMILES string of the molecule is COc1ccc(C(=O)Nc2ccc(Cl)cc2NC(=O)c2ccc(OC)cc2)cc1. The lowest BCUT2D eigenvalue weighted by Gasteiger charge is -2.13. The predicted octanol–water partition coefficient (Wildman–Crippen LogP) is 4.86. The largest absolute Gasteiger partial charge is 0.497 e. The Morgan fingerprint density at radius 1 is 0.690 bits per heavy atom. The number of carbonyl (C=O) groups excluding carboxylic acids is 2. The van der Waals surface area contributed by atoms with E-state index in [-0.39, 0.29) is 11.8 Å². The molecule has 6 nitrogen and oxygen atoms in total. The highest BCUT2D eigenvalue weighted by atomic mass is 35.5. The van der Waals surface area contributed by atoms with Crippen LogP contribution in [-0.4, -0.2) is 26.0 Å². The monoisotopic (exact) mass is 410 g/mol. The van der Waals surface area contributed by atoms with Gasteiger partial charge in [-0.05, 0) is 66.7 Å². The number of halogens is 1. The van der Waals surface area contributed by atoms with Crippen LogP contribution in [0, 0.1) is 0 Å². The predicted molar refractivity (Wildman–Crippen MR) is 113 cm³/mol. The number of carbonyl (C=O) groups is 2. The van der Waals surface area contributed by atoms with Crippen LogP contribution < -0.4 is 20.1 Å². The van der Waals surface area contributed by atoms with E-state index < -0.39 is 0 Å². The quantitative estimate of drug-likeness (QED) is 0.608. The first-order chi connectivity index (χ1) is 14.0. The van der Waals surface area contributed by atoms with Crippen LogP contribution in [0.25, 0.3) is 0 Å². The van der Waals surface area contributed by atoms with Crippen LogP contribution in [0.2, 0.25) is 5.02 Å². The molecule has 7 heteroatoms. The van der Waals surface area contributed by atoms with E-state index in [1.165, 1.54) is 0 Å². The Morgan fingerprint density at radius 2 is 1.14 bits per heavy atom. The van der Waals surface area contributed by atoms with E-state index in [1.807, 2.05) is 0 Å². The highest BCUT2D eigenvalue weighted by molar-refractivity contribution is 6.31. The summed E-state index contributed by atoms with van der Waals surface area (Å²) in [4.78, 5) is 25.1. The average Bonchev–Trinajstić information content (AvgIpc) is 2.75. The first-order valence-electron chi connectivity index (χ1n) is 8.70. The molecule has 0 unspecified atom stereocenters. The summed E-state index contributed by atoms with van der Waals surface area (Å²) in [5, 5.41) is 6.00. The summed E-state index contributed by atoms with van der Waals surface area (Å²) in [6.07, 6.45) is 0. The molecule has 148 valence electrons. The minimum absolute atomic E-state index is 0.324. The molecule has 0 aromatic heterocycles. The zero-order valence-corrected chi connectivity index (χ0v) is 16.6. The number of benzene rings is 3. The maximum atomic E-state index is 12.6. The number of methoxy groups -OCH3 is 2. The fourth-order valence-corrected chi connectivity index (χ4v) is 2.77. The number of hydrogen-bond donors (Lipinski definition) is 2. The first kappa shape index (κ1) is 20.2. The molecule has 0 radical (unpaired) electrons. The smallest absolute Gasteiger partial charge is 0.255 e. The Labute approximate surface area is 173 Å². The van der Waals surface area contributed by atoms with Crippen molar-refractivity contribution >= 4 is 34.8 Å². The second-order valence-electron chi connectivity index (χ2n) is 6.06. The average molecular weight is 411 g/mol. The Morgan fingerprint density at radius 3 is 1.59 bits per heavy atom. The van der Waals surface area contributed by atoms with Crippen LogP contribution in [0.3, 0.4) is 0 Å². The van der Waals surface area contributed by atoms with E-state index in [0.717, 1.165) is 0 Å². The molecule has 0 aliphatic carbocycles. The maximum Gasteiger partial charge on any atom is 0.255 e. The second kappa shape index (κ2) is 9.12. The van der Waals surface area contributed by atoms with Crippen molar-refractivity contribution in [1.29, 1.82) is 0 Å². The molecule has 3 aromatic rings. The Bertz CT molecular complexity index is 1020. The van der Waals surface area contributed by atoms with Gasteiger partial charge < -0.3 is 20.1 Å². The highest BCUT2D eigenvalue weighted by Crippen LogP contribution is 2.27. The van der Waals surface area contributed by atoms with Gasteiger partial charge in [0.1, 0.15) is 11.5 Å². The third-order valence-electron chi connectivity index (χ3n) is 4.18. The number of amides is 2. The minimum Gasteiger partial charge on any atom is -0.497 e. The van der Waals surface area contributed by atoms with Gasteiger partial charge in [0.2, 0.25) is 0 Å². The van der Waals surface area contributed by atoms with Crippen LogP contribution >= 0.6 is 11.6 Å². The summed E-state index contributed by atoms with van der Waals surface area (Å²) in [6, 6.07) is 18.2. The fourth-order valence-electron chi connectivity index (χ4n) is 2.60. The molecule has 3 aromatic carbocycles. The lowest BCUT2D eigenvalue weighted by molar-refractivity contribution is 0.101. The molecular weight excluding hydrogens is 392 g/mol. The summed E-state index contributed by atoms with van der Waals surface area (Å²) < 4.78 is 10.2. The summed E-state index contributed by atoms with van der Waals surface area (Å²) in [6.45, 7) is 0. The summed E-state index contributed by atoms with van der Waals surface area (Å²) in [5.74, 6) is 0.641. The molecule has 0 spiro atoms. The van der Waals surface area contributed by atoms with Gasteiger partial charge in [-0.25, -0.2) is 0 Å². The Hall–Kier alpha value is -3.51. The number of ether oxygens (including phenoxy) is 2. The lowest BCUT2D eigenvalue weighted by Crippen LogP contribution is -2.16. The molecule has 0 atom stereocenters. The molecule has 3 rings (SSSR count). The van der Waals surface area contributed by atoms with Crippen molar-refractivity contribution in [3.8, 4) is 11.5 Å². The Kier molecular flexibility index (Phi) is 6.36. The molecule has 2 N–H and O–H groups in total. The van der Waals surface area contributed by atoms with Crippen LogP contribution in [0.15, 0.2) is 66.7 Å². The van der Waals surface area contributed by atoms with Gasteiger partial charge in [0.25, 0.3) is 11.8 Å². The molecule has 0 saturated heterocycles. The number of anilines is 2. The first-order valence-corrected chi connectivity index (χ1v) is 9.08. The van der Waals surface area contributed by atoms with Gasteiger partial charge in [0.05, 0.1) is 25.6 Å². The van der Waals surface area contributed by atoms with Crippen molar-refractivity contribution in [3.63, 3.8) is 0 Å². The van der Waals surface area contributed by atoms with Crippen LogP contribution in [0.1, 0.15) is 20.7 Å². The molecule has 29 heavy (non-hydrogen) atoms. The Balaban J connectivity index is 1.79. The minimum atomic E-state index is -0.338. The van der Waals surface area contributed by atoms with Crippen molar-refractivity contribution in [2.75, 3.05) is 24.9 Å². The van der Waals surface area contributed by atoms with Gasteiger partial charge >= 0.3 is 0 Å². The zero-order chi connectivity index (χ0) is 20.8. The molecule has 2 amide bonds. The number of nitrogens with one attached hydrogen (secondary N) is 2. The zero-order valence-electron chi connectivity index (χ0n) is 15.9. The van der Waals surface area contributed by atoms with Gasteiger partial charge in [-0.2, -0.15) is 0 Å². The van der Waals surface area contributed by atoms with Gasteiger partial charge in [-0.1, -0.05) is 11.6 Å². The molecule has 0 bridgehead atoms. The second-order valence-corrected chi connectivity index (χ2v) is 6.49.